The molecule has 0 fully saturated rings. The first-order valence-electron chi connectivity index (χ1n) is 5.57. The van der Waals surface area contributed by atoms with Crippen LogP contribution < -0.4 is 5.73 Å². The minimum absolute atomic E-state index is 0.645. The number of anilines is 1. The number of rotatable bonds is 1. The highest BCUT2D eigenvalue weighted by molar-refractivity contribution is 14.1. The molecule has 0 aliphatic carbocycles. The summed E-state index contributed by atoms with van der Waals surface area (Å²) in [5, 5.41) is 0. The van der Waals surface area contributed by atoms with Crippen molar-refractivity contribution in [2.24, 2.45) is 0 Å². The highest BCUT2D eigenvalue weighted by Gasteiger charge is 2.11. The Morgan fingerprint density at radius 3 is 2.89 bits per heavy atom. The smallest absolute Gasteiger partial charge is 0.227 e. The number of fused-ring (bicyclic) bond motifs is 1. The van der Waals surface area contributed by atoms with Crippen molar-refractivity contribution < 1.29 is 4.42 Å². The van der Waals surface area contributed by atoms with Gasteiger partial charge in [0.2, 0.25) is 5.89 Å². The highest BCUT2D eigenvalue weighted by Crippen LogP contribution is 2.29. The Balaban J connectivity index is 2.22. The number of oxazole rings is 1. The molecule has 0 saturated carbocycles. The summed E-state index contributed by atoms with van der Waals surface area (Å²) < 4.78 is 6.98. The van der Waals surface area contributed by atoms with Crippen molar-refractivity contribution in [1.29, 1.82) is 0 Å². The zero-order valence-corrected chi connectivity index (χ0v) is 11.9. The first-order valence-corrected chi connectivity index (χ1v) is 6.64. The maximum atomic E-state index is 5.77. The number of hydrogen-bond acceptors (Lipinski definition) is 3. The monoisotopic (exact) mass is 350 g/mol. The summed E-state index contributed by atoms with van der Waals surface area (Å²) in [4.78, 5) is 4.50. The fourth-order valence-electron chi connectivity index (χ4n) is 1.90. The van der Waals surface area contributed by atoms with E-state index in [-0.39, 0.29) is 0 Å². The number of nitrogens with two attached hydrogens (primary N) is 1. The zero-order valence-electron chi connectivity index (χ0n) is 9.77. The number of benzene rings is 2. The second-order valence-electron chi connectivity index (χ2n) is 4.16. The van der Waals surface area contributed by atoms with E-state index < -0.39 is 0 Å². The van der Waals surface area contributed by atoms with Gasteiger partial charge >= 0.3 is 0 Å². The van der Waals surface area contributed by atoms with Gasteiger partial charge in [0.25, 0.3) is 0 Å². The Morgan fingerprint density at radius 2 is 2.06 bits per heavy atom. The van der Waals surface area contributed by atoms with E-state index in [1.807, 2.05) is 30.3 Å². The van der Waals surface area contributed by atoms with Crippen LogP contribution in [-0.2, 0) is 0 Å². The van der Waals surface area contributed by atoms with Crippen molar-refractivity contribution in [3.63, 3.8) is 0 Å². The lowest BCUT2D eigenvalue weighted by Crippen LogP contribution is -1.86. The molecular formula is C14H11IN2O. The number of hydrogen-bond donors (Lipinski definition) is 1. The molecule has 3 rings (SSSR count). The predicted molar refractivity (Wildman–Crippen MR) is 81.3 cm³/mol. The summed E-state index contributed by atoms with van der Waals surface area (Å²) in [5.41, 5.74) is 10.2. The van der Waals surface area contributed by atoms with Crippen molar-refractivity contribution in [2.45, 2.75) is 6.92 Å². The second kappa shape index (κ2) is 4.28. The van der Waals surface area contributed by atoms with Gasteiger partial charge in [-0.05, 0) is 65.4 Å². The molecule has 90 valence electrons. The highest BCUT2D eigenvalue weighted by atomic mass is 127. The summed E-state index contributed by atoms with van der Waals surface area (Å²) in [7, 11) is 0. The van der Waals surface area contributed by atoms with Crippen LogP contribution in [0.2, 0.25) is 0 Å². The van der Waals surface area contributed by atoms with Crippen molar-refractivity contribution in [3.05, 3.63) is 45.5 Å². The van der Waals surface area contributed by atoms with E-state index in [9.17, 15) is 0 Å². The summed E-state index contributed by atoms with van der Waals surface area (Å²) in [6.07, 6.45) is 0. The largest absolute Gasteiger partial charge is 0.436 e. The number of nitrogens with zero attached hydrogens (tertiary/aromatic N) is 1. The fourth-order valence-corrected chi connectivity index (χ4v) is 2.40. The van der Waals surface area contributed by atoms with E-state index in [0.29, 0.717) is 11.6 Å². The quantitative estimate of drug-likeness (QED) is 0.533. The van der Waals surface area contributed by atoms with Gasteiger partial charge in [-0.3, -0.25) is 0 Å². The van der Waals surface area contributed by atoms with Gasteiger partial charge in [-0.15, -0.1) is 0 Å². The molecule has 3 aromatic rings. The Kier molecular flexibility index (Phi) is 2.74. The molecule has 3 nitrogen and oxygen atoms in total. The van der Waals surface area contributed by atoms with Crippen LogP contribution in [0, 0.1) is 10.5 Å². The van der Waals surface area contributed by atoms with Gasteiger partial charge in [0, 0.05) is 14.8 Å². The summed E-state index contributed by atoms with van der Waals surface area (Å²) >= 11 is 2.31. The fraction of sp³-hybridized carbons (Fsp3) is 0.0714. The lowest BCUT2D eigenvalue weighted by atomic mass is 10.1. The second-order valence-corrected chi connectivity index (χ2v) is 5.32. The molecule has 18 heavy (non-hydrogen) atoms. The first-order chi connectivity index (χ1) is 8.65. The van der Waals surface area contributed by atoms with Gasteiger partial charge in [-0.1, -0.05) is 6.07 Å². The summed E-state index contributed by atoms with van der Waals surface area (Å²) in [5.74, 6) is 0.645. The molecule has 0 radical (unpaired) electrons. The van der Waals surface area contributed by atoms with E-state index in [0.717, 1.165) is 16.7 Å². The third-order valence-corrected chi connectivity index (χ3v) is 4.08. The Labute approximate surface area is 118 Å². The molecule has 0 saturated heterocycles. The van der Waals surface area contributed by atoms with Gasteiger partial charge in [0.1, 0.15) is 5.52 Å². The van der Waals surface area contributed by atoms with E-state index in [1.54, 1.807) is 0 Å². The molecule has 0 atom stereocenters. The summed E-state index contributed by atoms with van der Waals surface area (Å²) in [6.45, 7) is 2.07. The SMILES string of the molecule is Cc1c(I)cccc1-c1nc2cc(N)ccc2o1. The lowest BCUT2D eigenvalue weighted by Gasteiger charge is -2.02. The van der Waals surface area contributed by atoms with E-state index in [4.69, 9.17) is 10.2 Å². The lowest BCUT2D eigenvalue weighted by molar-refractivity contribution is 0.619. The zero-order chi connectivity index (χ0) is 12.7. The van der Waals surface area contributed by atoms with E-state index >= 15 is 0 Å². The molecule has 0 spiro atoms. The molecule has 0 aliphatic heterocycles. The topological polar surface area (TPSA) is 52.0 Å². The molecular weight excluding hydrogens is 339 g/mol. The molecule has 0 bridgehead atoms. The van der Waals surface area contributed by atoms with Gasteiger partial charge in [0.15, 0.2) is 5.58 Å². The minimum atomic E-state index is 0.645. The molecule has 1 heterocycles. The average molecular weight is 350 g/mol. The number of halogens is 1. The standard InChI is InChI=1S/C14H11IN2O/c1-8-10(3-2-4-11(8)15)14-17-12-7-9(16)5-6-13(12)18-14/h2-7H,16H2,1H3. The molecule has 2 aromatic carbocycles. The summed E-state index contributed by atoms with van der Waals surface area (Å²) in [6, 6.07) is 11.6. The molecule has 4 heteroatoms. The third-order valence-electron chi connectivity index (χ3n) is 2.91. The molecule has 1 aromatic heterocycles. The van der Waals surface area contributed by atoms with Crippen LogP contribution in [0.15, 0.2) is 40.8 Å². The van der Waals surface area contributed by atoms with Crippen LogP contribution in [-0.4, -0.2) is 4.98 Å². The van der Waals surface area contributed by atoms with Crippen molar-refractivity contribution in [1.82, 2.24) is 4.98 Å². The Hall–Kier alpha value is -1.56. The van der Waals surface area contributed by atoms with Gasteiger partial charge in [0.05, 0.1) is 0 Å². The maximum Gasteiger partial charge on any atom is 0.227 e. The van der Waals surface area contributed by atoms with Crippen LogP contribution in [0.1, 0.15) is 5.56 Å². The van der Waals surface area contributed by atoms with Crippen LogP contribution in [0.4, 0.5) is 5.69 Å². The van der Waals surface area contributed by atoms with Crippen molar-refractivity contribution >= 4 is 39.4 Å². The van der Waals surface area contributed by atoms with Crippen LogP contribution in [0.25, 0.3) is 22.6 Å². The third kappa shape index (κ3) is 1.86. The van der Waals surface area contributed by atoms with Crippen LogP contribution >= 0.6 is 22.6 Å². The van der Waals surface area contributed by atoms with E-state index in [2.05, 4.69) is 40.6 Å². The van der Waals surface area contributed by atoms with Crippen molar-refractivity contribution in [3.8, 4) is 11.5 Å². The molecule has 2 N–H and O–H groups in total. The Bertz CT molecular complexity index is 734. The molecule has 0 amide bonds. The normalized spacial score (nSPS) is 11.0. The first kappa shape index (κ1) is 11.5. The van der Waals surface area contributed by atoms with Gasteiger partial charge in [-0.25, -0.2) is 4.98 Å². The van der Waals surface area contributed by atoms with E-state index in [1.165, 1.54) is 9.13 Å². The predicted octanol–water partition coefficient (Wildman–Crippen LogP) is 3.99. The average Bonchev–Trinajstić information content (AvgIpc) is 2.75. The minimum Gasteiger partial charge on any atom is -0.436 e. The van der Waals surface area contributed by atoms with Crippen molar-refractivity contribution in [2.75, 3.05) is 5.73 Å². The van der Waals surface area contributed by atoms with Crippen LogP contribution in [0.3, 0.4) is 0 Å². The Morgan fingerprint density at radius 1 is 1.22 bits per heavy atom. The molecule has 0 aliphatic rings. The number of aromatic nitrogens is 1. The maximum absolute atomic E-state index is 5.77. The molecule has 0 unspecified atom stereocenters. The number of nitrogen functional groups attached to an aromatic ring is 1. The van der Waals surface area contributed by atoms with Gasteiger partial charge in [-0.2, -0.15) is 0 Å². The van der Waals surface area contributed by atoms with Gasteiger partial charge < -0.3 is 10.2 Å². The van der Waals surface area contributed by atoms with Crippen LogP contribution in [0.5, 0.6) is 0 Å².